The standard InChI is InChI=1S/C15H27N3/c1-11(2)8-13(4)18(5)15(9-16)14-10-17-7-6-12(14)3/h6-7,10-11,13,15H,8-9,16H2,1-5H3. The van der Waals surface area contributed by atoms with Gasteiger partial charge in [-0.1, -0.05) is 13.8 Å². The Morgan fingerprint density at radius 3 is 2.50 bits per heavy atom. The van der Waals surface area contributed by atoms with Crippen molar-refractivity contribution in [2.75, 3.05) is 13.6 Å². The van der Waals surface area contributed by atoms with E-state index >= 15 is 0 Å². The van der Waals surface area contributed by atoms with Gasteiger partial charge in [0.25, 0.3) is 0 Å². The SMILES string of the molecule is Cc1ccncc1C(CN)N(C)C(C)CC(C)C. The number of pyridine rings is 1. The lowest BCUT2D eigenvalue weighted by Crippen LogP contribution is -2.38. The van der Waals surface area contributed by atoms with Gasteiger partial charge in [0.15, 0.2) is 0 Å². The molecule has 0 aliphatic rings. The van der Waals surface area contributed by atoms with Gasteiger partial charge < -0.3 is 5.73 Å². The van der Waals surface area contributed by atoms with E-state index in [4.69, 9.17) is 5.73 Å². The Hall–Kier alpha value is -0.930. The number of rotatable bonds is 6. The van der Waals surface area contributed by atoms with Crippen molar-refractivity contribution in [1.82, 2.24) is 9.88 Å². The molecule has 1 aromatic heterocycles. The zero-order valence-corrected chi connectivity index (χ0v) is 12.4. The first-order valence-electron chi connectivity index (χ1n) is 6.79. The average Bonchev–Trinajstić information content (AvgIpc) is 2.31. The monoisotopic (exact) mass is 249 g/mol. The summed E-state index contributed by atoms with van der Waals surface area (Å²) in [5.41, 5.74) is 8.49. The smallest absolute Gasteiger partial charge is 0.0488 e. The van der Waals surface area contributed by atoms with Gasteiger partial charge in [0.05, 0.1) is 0 Å². The molecule has 0 aliphatic carbocycles. The number of aryl methyl sites for hydroxylation is 1. The molecule has 1 heterocycles. The molecule has 0 fully saturated rings. The van der Waals surface area contributed by atoms with Gasteiger partial charge in [-0.05, 0) is 50.4 Å². The van der Waals surface area contributed by atoms with E-state index in [9.17, 15) is 0 Å². The fourth-order valence-electron chi connectivity index (χ4n) is 2.49. The summed E-state index contributed by atoms with van der Waals surface area (Å²) in [6.45, 7) is 9.55. The molecule has 2 unspecified atom stereocenters. The summed E-state index contributed by atoms with van der Waals surface area (Å²) in [5, 5.41) is 0. The second-order valence-electron chi connectivity index (χ2n) is 5.63. The van der Waals surface area contributed by atoms with E-state index in [0.29, 0.717) is 18.5 Å². The van der Waals surface area contributed by atoms with Gasteiger partial charge in [-0.25, -0.2) is 0 Å². The highest BCUT2D eigenvalue weighted by Gasteiger charge is 2.22. The van der Waals surface area contributed by atoms with Crippen LogP contribution in [0.4, 0.5) is 0 Å². The topological polar surface area (TPSA) is 42.1 Å². The molecule has 1 aromatic rings. The molecule has 0 saturated heterocycles. The normalized spacial score (nSPS) is 15.1. The molecule has 102 valence electrons. The van der Waals surface area contributed by atoms with Crippen LogP contribution in [-0.4, -0.2) is 29.5 Å². The molecule has 1 rings (SSSR count). The third-order valence-corrected chi connectivity index (χ3v) is 3.66. The predicted molar refractivity (Wildman–Crippen MR) is 77.4 cm³/mol. The molecular formula is C15H27N3. The summed E-state index contributed by atoms with van der Waals surface area (Å²) in [6, 6.07) is 2.84. The average molecular weight is 249 g/mol. The van der Waals surface area contributed by atoms with Crippen molar-refractivity contribution >= 4 is 0 Å². The van der Waals surface area contributed by atoms with Crippen LogP contribution in [0.3, 0.4) is 0 Å². The maximum Gasteiger partial charge on any atom is 0.0488 e. The Labute approximate surface area is 111 Å². The molecule has 3 nitrogen and oxygen atoms in total. The van der Waals surface area contributed by atoms with Crippen LogP contribution in [0, 0.1) is 12.8 Å². The van der Waals surface area contributed by atoms with Crippen LogP contribution >= 0.6 is 0 Å². The number of hydrogen-bond acceptors (Lipinski definition) is 3. The number of aromatic nitrogens is 1. The lowest BCUT2D eigenvalue weighted by atomic mass is 9.98. The van der Waals surface area contributed by atoms with Crippen LogP contribution in [0.5, 0.6) is 0 Å². The minimum atomic E-state index is 0.257. The van der Waals surface area contributed by atoms with E-state index in [0.717, 1.165) is 0 Å². The third-order valence-electron chi connectivity index (χ3n) is 3.66. The highest BCUT2D eigenvalue weighted by Crippen LogP contribution is 2.24. The van der Waals surface area contributed by atoms with Crippen LogP contribution < -0.4 is 5.73 Å². The van der Waals surface area contributed by atoms with Crippen LogP contribution in [-0.2, 0) is 0 Å². The van der Waals surface area contributed by atoms with Crippen molar-refractivity contribution in [3.05, 3.63) is 29.6 Å². The molecular weight excluding hydrogens is 222 g/mol. The zero-order valence-electron chi connectivity index (χ0n) is 12.4. The highest BCUT2D eigenvalue weighted by atomic mass is 15.2. The molecule has 2 atom stereocenters. The van der Waals surface area contributed by atoms with E-state index in [1.165, 1.54) is 17.5 Å². The first-order valence-corrected chi connectivity index (χ1v) is 6.79. The molecule has 0 radical (unpaired) electrons. The van der Waals surface area contributed by atoms with Crippen molar-refractivity contribution in [1.29, 1.82) is 0 Å². The Bertz CT molecular complexity index is 363. The summed E-state index contributed by atoms with van der Waals surface area (Å²) in [4.78, 5) is 6.61. The molecule has 0 saturated carbocycles. The van der Waals surface area contributed by atoms with Crippen LogP contribution in [0.25, 0.3) is 0 Å². The van der Waals surface area contributed by atoms with Gasteiger partial charge in [0.2, 0.25) is 0 Å². The number of nitrogens with two attached hydrogens (primary N) is 1. The zero-order chi connectivity index (χ0) is 13.7. The van der Waals surface area contributed by atoms with E-state index in [-0.39, 0.29) is 6.04 Å². The second kappa shape index (κ2) is 6.86. The maximum absolute atomic E-state index is 5.97. The lowest BCUT2D eigenvalue weighted by molar-refractivity contribution is 0.168. The molecule has 18 heavy (non-hydrogen) atoms. The first-order chi connectivity index (χ1) is 8.47. The van der Waals surface area contributed by atoms with Crippen LogP contribution in [0.2, 0.25) is 0 Å². The van der Waals surface area contributed by atoms with Gasteiger partial charge >= 0.3 is 0 Å². The summed E-state index contributed by atoms with van der Waals surface area (Å²) in [7, 11) is 2.16. The molecule has 0 spiro atoms. The summed E-state index contributed by atoms with van der Waals surface area (Å²) in [5.74, 6) is 0.705. The van der Waals surface area contributed by atoms with E-state index in [1.54, 1.807) is 0 Å². The molecule has 0 aromatic carbocycles. The van der Waals surface area contributed by atoms with Crippen molar-refractivity contribution in [3.63, 3.8) is 0 Å². The predicted octanol–water partition coefficient (Wildman–Crippen LogP) is 2.76. The summed E-state index contributed by atoms with van der Waals surface area (Å²) >= 11 is 0. The van der Waals surface area contributed by atoms with Crippen molar-refractivity contribution in [3.8, 4) is 0 Å². The molecule has 0 aliphatic heterocycles. The maximum atomic E-state index is 5.97. The van der Waals surface area contributed by atoms with Crippen molar-refractivity contribution in [2.45, 2.75) is 46.2 Å². The minimum absolute atomic E-state index is 0.257. The van der Waals surface area contributed by atoms with Gasteiger partial charge in [0, 0.05) is 31.0 Å². The number of likely N-dealkylation sites (N-methyl/N-ethyl adjacent to an activating group) is 1. The van der Waals surface area contributed by atoms with E-state index in [2.05, 4.69) is 50.7 Å². The largest absolute Gasteiger partial charge is 0.329 e. The highest BCUT2D eigenvalue weighted by molar-refractivity contribution is 5.25. The summed E-state index contributed by atoms with van der Waals surface area (Å²) < 4.78 is 0. The van der Waals surface area contributed by atoms with E-state index in [1.807, 2.05) is 12.4 Å². The van der Waals surface area contributed by atoms with Gasteiger partial charge in [-0.2, -0.15) is 0 Å². The lowest BCUT2D eigenvalue weighted by Gasteiger charge is -2.34. The van der Waals surface area contributed by atoms with E-state index < -0.39 is 0 Å². The Morgan fingerprint density at radius 1 is 1.33 bits per heavy atom. The van der Waals surface area contributed by atoms with Gasteiger partial charge in [-0.3, -0.25) is 9.88 Å². The molecule has 0 bridgehead atoms. The molecule has 0 amide bonds. The number of hydrogen-bond donors (Lipinski definition) is 1. The fraction of sp³-hybridized carbons (Fsp3) is 0.667. The Kier molecular flexibility index (Phi) is 5.76. The second-order valence-corrected chi connectivity index (χ2v) is 5.63. The van der Waals surface area contributed by atoms with Gasteiger partial charge in [0.1, 0.15) is 0 Å². The molecule has 2 N–H and O–H groups in total. The summed E-state index contributed by atoms with van der Waals surface area (Å²) in [6.07, 6.45) is 4.97. The Balaban J connectivity index is 2.86. The van der Waals surface area contributed by atoms with Crippen LogP contribution in [0.1, 0.15) is 44.4 Å². The third kappa shape index (κ3) is 3.79. The minimum Gasteiger partial charge on any atom is -0.329 e. The number of nitrogens with zero attached hydrogens (tertiary/aromatic N) is 2. The van der Waals surface area contributed by atoms with Gasteiger partial charge in [-0.15, -0.1) is 0 Å². The van der Waals surface area contributed by atoms with Crippen molar-refractivity contribution < 1.29 is 0 Å². The first kappa shape index (κ1) is 15.1. The van der Waals surface area contributed by atoms with Crippen molar-refractivity contribution in [2.24, 2.45) is 11.7 Å². The molecule has 3 heteroatoms. The Morgan fingerprint density at radius 2 is 2.00 bits per heavy atom. The van der Waals surface area contributed by atoms with Crippen LogP contribution in [0.15, 0.2) is 18.5 Å². The fourth-order valence-corrected chi connectivity index (χ4v) is 2.49. The quantitative estimate of drug-likeness (QED) is 0.843.